The van der Waals surface area contributed by atoms with Crippen LogP contribution in [0, 0.1) is 11.3 Å². The molecule has 1 aliphatic heterocycles. The lowest BCUT2D eigenvalue weighted by Crippen LogP contribution is -2.52. The van der Waals surface area contributed by atoms with Crippen molar-refractivity contribution in [3.63, 3.8) is 0 Å². The van der Waals surface area contributed by atoms with Gasteiger partial charge in [0.25, 0.3) is 0 Å². The van der Waals surface area contributed by atoms with Crippen molar-refractivity contribution >= 4 is 17.9 Å². The fourth-order valence-corrected chi connectivity index (χ4v) is 2.54. The summed E-state index contributed by atoms with van der Waals surface area (Å²) in [7, 11) is 0. The summed E-state index contributed by atoms with van der Waals surface area (Å²) in [4.78, 5) is 36.3. The molecule has 1 aliphatic rings. The van der Waals surface area contributed by atoms with E-state index in [0.717, 1.165) is 0 Å². The molecule has 1 fully saturated rings. The predicted octanol–water partition coefficient (Wildman–Crippen LogP) is 0.393. The van der Waals surface area contributed by atoms with Crippen LogP contribution in [0.2, 0.25) is 0 Å². The van der Waals surface area contributed by atoms with E-state index in [4.69, 9.17) is 5.73 Å². The van der Waals surface area contributed by atoms with Gasteiger partial charge in [0.1, 0.15) is 6.04 Å². The maximum atomic E-state index is 12.4. The van der Waals surface area contributed by atoms with Gasteiger partial charge in [0.2, 0.25) is 5.91 Å². The Morgan fingerprint density at radius 3 is 2.35 bits per heavy atom. The van der Waals surface area contributed by atoms with Crippen LogP contribution >= 0.6 is 0 Å². The van der Waals surface area contributed by atoms with E-state index in [1.807, 2.05) is 6.92 Å². The van der Waals surface area contributed by atoms with E-state index in [2.05, 4.69) is 5.32 Å². The summed E-state index contributed by atoms with van der Waals surface area (Å²) in [5.41, 5.74) is 4.21. The molecule has 114 valence electrons. The maximum absolute atomic E-state index is 12.4. The lowest BCUT2D eigenvalue weighted by atomic mass is 9.84. The van der Waals surface area contributed by atoms with E-state index < -0.39 is 23.5 Å². The number of carbonyl (C=O) groups excluding carboxylic acids is 2. The standard InChI is InChI=1S/C13H23N3O4/c1-4-13(11(18)19)5-6-16(7-13)10(17)9(8(2)3)15-12(14)20/h8-9H,4-7H2,1-3H3,(H,18,19)(H3,14,15,20). The van der Waals surface area contributed by atoms with Gasteiger partial charge in [0, 0.05) is 13.1 Å². The van der Waals surface area contributed by atoms with E-state index in [0.29, 0.717) is 19.4 Å². The molecule has 1 heterocycles. The Morgan fingerprint density at radius 2 is 2.00 bits per heavy atom. The van der Waals surface area contributed by atoms with Crippen LogP contribution in [0.4, 0.5) is 4.79 Å². The fraction of sp³-hybridized carbons (Fsp3) is 0.769. The number of likely N-dealkylation sites (tertiary alicyclic amines) is 1. The Morgan fingerprint density at radius 1 is 1.40 bits per heavy atom. The number of nitrogens with one attached hydrogen (secondary N) is 1. The highest BCUT2D eigenvalue weighted by atomic mass is 16.4. The molecule has 0 spiro atoms. The number of carboxylic acid groups (broad SMARTS) is 1. The number of carboxylic acids is 1. The molecule has 20 heavy (non-hydrogen) atoms. The summed E-state index contributed by atoms with van der Waals surface area (Å²) in [5.74, 6) is -1.26. The molecule has 2 unspecified atom stereocenters. The van der Waals surface area contributed by atoms with Gasteiger partial charge in [0.15, 0.2) is 0 Å². The molecule has 1 saturated heterocycles. The normalized spacial score (nSPS) is 23.7. The van der Waals surface area contributed by atoms with Gasteiger partial charge in [0.05, 0.1) is 5.41 Å². The molecular weight excluding hydrogens is 262 g/mol. The van der Waals surface area contributed by atoms with Crippen molar-refractivity contribution in [2.45, 2.75) is 39.7 Å². The second kappa shape index (κ2) is 6.11. The maximum Gasteiger partial charge on any atom is 0.312 e. The van der Waals surface area contributed by atoms with Crippen LogP contribution in [0.3, 0.4) is 0 Å². The Balaban J connectivity index is 2.83. The van der Waals surface area contributed by atoms with E-state index in [-0.39, 0.29) is 18.4 Å². The number of nitrogens with zero attached hydrogens (tertiary/aromatic N) is 1. The molecule has 1 rings (SSSR count). The minimum Gasteiger partial charge on any atom is -0.481 e. The van der Waals surface area contributed by atoms with E-state index >= 15 is 0 Å². The summed E-state index contributed by atoms with van der Waals surface area (Å²) in [6, 6.07) is -1.47. The van der Waals surface area contributed by atoms with Crippen LogP contribution in [-0.2, 0) is 9.59 Å². The Kier molecular flexibility index (Phi) is 4.97. The molecule has 3 amide bonds. The monoisotopic (exact) mass is 285 g/mol. The molecule has 0 radical (unpaired) electrons. The van der Waals surface area contributed by atoms with Crippen molar-refractivity contribution in [3.05, 3.63) is 0 Å². The number of hydrogen-bond donors (Lipinski definition) is 3. The van der Waals surface area contributed by atoms with Gasteiger partial charge in [-0.1, -0.05) is 20.8 Å². The lowest BCUT2D eigenvalue weighted by molar-refractivity contribution is -0.148. The van der Waals surface area contributed by atoms with Crippen LogP contribution in [-0.4, -0.2) is 47.0 Å². The highest BCUT2D eigenvalue weighted by Gasteiger charge is 2.46. The third-order valence-corrected chi connectivity index (χ3v) is 4.03. The van der Waals surface area contributed by atoms with Crippen molar-refractivity contribution in [1.82, 2.24) is 10.2 Å². The third-order valence-electron chi connectivity index (χ3n) is 4.03. The summed E-state index contributed by atoms with van der Waals surface area (Å²) in [6.07, 6.45) is 0.910. The van der Waals surface area contributed by atoms with Gasteiger partial charge >= 0.3 is 12.0 Å². The molecule has 0 aromatic rings. The van der Waals surface area contributed by atoms with Gasteiger partial charge in [-0.2, -0.15) is 0 Å². The highest BCUT2D eigenvalue weighted by molar-refractivity contribution is 5.88. The minimum atomic E-state index is -0.876. The minimum absolute atomic E-state index is 0.114. The average molecular weight is 285 g/mol. The number of aliphatic carboxylic acids is 1. The van der Waals surface area contributed by atoms with Gasteiger partial charge < -0.3 is 21.1 Å². The summed E-state index contributed by atoms with van der Waals surface area (Å²) >= 11 is 0. The second-order valence-electron chi connectivity index (χ2n) is 5.68. The molecule has 0 aliphatic carbocycles. The highest BCUT2D eigenvalue weighted by Crippen LogP contribution is 2.34. The first-order chi connectivity index (χ1) is 9.23. The average Bonchev–Trinajstić information content (AvgIpc) is 2.80. The molecular formula is C13H23N3O4. The first-order valence-electron chi connectivity index (χ1n) is 6.81. The van der Waals surface area contributed by atoms with Crippen molar-refractivity contribution in [1.29, 1.82) is 0 Å². The van der Waals surface area contributed by atoms with Crippen LogP contribution in [0.25, 0.3) is 0 Å². The Hall–Kier alpha value is -1.79. The number of urea groups is 1. The van der Waals surface area contributed by atoms with Crippen LogP contribution in [0.5, 0.6) is 0 Å². The summed E-state index contributed by atoms with van der Waals surface area (Å²) < 4.78 is 0. The number of amides is 3. The van der Waals surface area contributed by atoms with E-state index in [1.54, 1.807) is 13.8 Å². The summed E-state index contributed by atoms with van der Waals surface area (Å²) in [5, 5.41) is 11.8. The van der Waals surface area contributed by atoms with Crippen molar-refractivity contribution in [2.24, 2.45) is 17.1 Å². The number of nitrogens with two attached hydrogens (primary N) is 1. The number of carbonyl (C=O) groups is 3. The second-order valence-corrected chi connectivity index (χ2v) is 5.68. The lowest BCUT2D eigenvalue weighted by Gasteiger charge is -2.28. The molecule has 2 atom stereocenters. The Labute approximate surface area is 118 Å². The van der Waals surface area contributed by atoms with Gasteiger partial charge in [-0.15, -0.1) is 0 Å². The van der Waals surface area contributed by atoms with Gasteiger partial charge in [-0.05, 0) is 18.8 Å². The molecule has 0 aromatic carbocycles. The molecule has 0 aromatic heterocycles. The SMILES string of the molecule is CCC1(C(=O)O)CCN(C(=O)C(NC(N)=O)C(C)C)C1. The topological polar surface area (TPSA) is 113 Å². The number of rotatable bonds is 5. The zero-order chi connectivity index (χ0) is 15.5. The van der Waals surface area contributed by atoms with Crippen molar-refractivity contribution in [3.8, 4) is 0 Å². The zero-order valence-corrected chi connectivity index (χ0v) is 12.2. The molecule has 7 nitrogen and oxygen atoms in total. The zero-order valence-electron chi connectivity index (χ0n) is 12.2. The summed E-state index contributed by atoms with van der Waals surface area (Å²) in [6.45, 7) is 5.99. The van der Waals surface area contributed by atoms with Crippen molar-refractivity contribution in [2.75, 3.05) is 13.1 Å². The number of hydrogen-bond acceptors (Lipinski definition) is 3. The smallest absolute Gasteiger partial charge is 0.312 e. The quantitative estimate of drug-likeness (QED) is 0.678. The van der Waals surface area contributed by atoms with Gasteiger partial charge in [-0.25, -0.2) is 4.79 Å². The number of primary amides is 1. The Bertz CT molecular complexity index is 410. The van der Waals surface area contributed by atoms with Gasteiger partial charge in [-0.3, -0.25) is 9.59 Å². The first kappa shape index (κ1) is 16.3. The largest absolute Gasteiger partial charge is 0.481 e. The third kappa shape index (κ3) is 3.20. The van der Waals surface area contributed by atoms with Crippen molar-refractivity contribution < 1.29 is 19.5 Å². The van der Waals surface area contributed by atoms with Crippen LogP contribution in [0.15, 0.2) is 0 Å². The first-order valence-corrected chi connectivity index (χ1v) is 6.81. The van der Waals surface area contributed by atoms with E-state index in [9.17, 15) is 19.5 Å². The van der Waals surface area contributed by atoms with E-state index in [1.165, 1.54) is 4.90 Å². The molecule has 4 N–H and O–H groups in total. The molecule has 0 saturated carbocycles. The predicted molar refractivity (Wildman–Crippen MR) is 72.9 cm³/mol. The molecule has 0 bridgehead atoms. The van der Waals surface area contributed by atoms with Crippen LogP contribution in [0.1, 0.15) is 33.6 Å². The fourth-order valence-electron chi connectivity index (χ4n) is 2.54. The van der Waals surface area contributed by atoms with Crippen LogP contribution < -0.4 is 11.1 Å². The molecule has 7 heteroatoms.